The zero-order chi connectivity index (χ0) is 17.8. The molecule has 23 heavy (non-hydrogen) atoms. The van der Waals surface area contributed by atoms with Gasteiger partial charge in [0.15, 0.2) is 0 Å². The Kier molecular flexibility index (Phi) is 7.31. The lowest BCUT2D eigenvalue weighted by atomic mass is 9.93. The molecule has 7 heteroatoms. The summed E-state index contributed by atoms with van der Waals surface area (Å²) in [6.07, 6.45) is 1.11. The van der Waals surface area contributed by atoms with Gasteiger partial charge in [-0.15, -0.1) is 0 Å². The quantitative estimate of drug-likeness (QED) is 0.648. The van der Waals surface area contributed by atoms with Crippen LogP contribution >= 0.6 is 22.6 Å². The van der Waals surface area contributed by atoms with Crippen LogP contribution in [0.3, 0.4) is 0 Å². The number of nitrogens with zero attached hydrogens (tertiary/aromatic N) is 1. The highest BCUT2D eigenvalue weighted by Crippen LogP contribution is 2.19. The summed E-state index contributed by atoms with van der Waals surface area (Å²) in [5.41, 5.74) is 0.494. The van der Waals surface area contributed by atoms with Crippen LogP contribution in [0, 0.1) is 15.4 Å². The third-order valence-corrected chi connectivity index (χ3v) is 5.43. The zero-order valence-corrected chi connectivity index (χ0v) is 17.2. The topological polar surface area (TPSA) is 66.5 Å². The highest BCUT2D eigenvalue weighted by molar-refractivity contribution is 14.1. The Labute approximate surface area is 153 Å². The molecule has 0 unspecified atom stereocenters. The van der Waals surface area contributed by atoms with Crippen molar-refractivity contribution in [2.24, 2.45) is 11.8 Å². The van der Waals surface area contributed by atoms with Gasteiger partial charge in [-0.05, 0) is 58.7 Å². The fourth-order valence-corrected chi connectivity index (χ4v) is 3.69. The average molecular weight is 452 g/mol. The summed E-state index contributed by atoms with van der Waals surface area (Å²) in [7, 11) is -3.53. The molecule has 0 aliphatic heterocycles. The van der Waals surface area contributed by atoms with Crippen LogP contribution in [0.1, 0.15) is 27.7 Å². The van der Waals surface area contributed by atoms with E-state index in [0.29, 0.717) is 5.69 Å². The number of hydrogen-bond donors (Lipinski definition) is 1. The van der Waals surface area contributed by atoms with E-state index in [2.05, 4.69) is 27.9 Å². The van der Waals surface area contributed by atoms with Crippen LogP contribution in [-0.2, 0) is 14.8 Å². The van der Waals surface area contributed by atoms with Gasteiger partial charge in [0.25, 0.3) is 0 Å². The van der Waals surface area contributed by atoms with Crippen molar-refractivity contribution in [2.45, 2.75) is 33.7 Å². The van der Waals surface area contributed by atoms with Crippen LogP contribution in [0.25, 0.3) is 0 Å². The number of carbonyl (C=O) groups is 1. The first kappa shape index (κ1) is 20.2. The molecule has 0 aliphatic carbocycles. The minimum Gasteiger partial charge on any atom is -0.351 e. The van der Waals surface area contributed by atoms with Crippen molar-refractivity contribution in [3.05, 3.63) is 27.8 Å². The van der Waals surface area contributed by atoms with Crippen molar-refractivity contribution in [1.29, 1.82) is 0 Å². The maximum absolute atomic E-state index is 12.3. The second-order valence-corrected chi connectivity index (χ2v) is 9.48. The van der Waals surface area contributed by atoms with Gasteiger partial charge in [-0.3, -0.25) is 9.10 Å². The summed E-state index contributed by atoms with van der Waals surface area (Å²) in [6, 6.07) is 7.06. The molecule has 0 bridgehead atoms. The van der Waals surface area contributed by atoms with Gasteiger partial charge in [0, 0.05) is 9.61 Å². The summed E-state index contributed by atoms with van der Waals surface area (Å²) >= 11 is 2.15. The molecule has 1 aromatic carbocycles. The molecular formula is C16H25IN2O3S. The molecule has 0 radical (unpaired) electrons. The molecule has 0 saturated heterocycles. The standard InChI is InChI=1S/C16H25IN2O3S/c1-11(2)16(12(3)4)18-15(20)10-19(23(5,21)22)14-8-6-13(17)7-9-14/h6-9,11-12,16H,10H2,1-5H3,(H,18,20). The van der Waals surface area contributed by atoms with Gasteiger partial charge in [0.2, 0.25) is 15.9 Å². The van der Waals surface area contributed by atoms with E-state index >= 15 is 0 Å². The molecule has 1 aromatic rings. The van der Waals surface area contributed by atoms with Crippen molar-refractivity contribution < 1.29 is 13.2 Å². The van der Waals surface area contributed by atoms with Crippen LogP contribution in [0.4, 0.5) is 5.69 Å². The van der Waals surface area contributed by atoms with Crippen molar-refractivity contribution in [1.82, 2.24) is 5.32 Å². The molecule has 1 N–H and O–H groups in total. The van der Waals surface area contributed by atoms with Crippen molar-refractivity contribution in [3.63, 3.8) is 0 Å². The smallest absolute Gasteiger partial charge is 0.241 e. The summed E-state index contributed by atoms with van der Waals surface area (Å²) in [5, 5.41) is 2.95. The fraction of sp³-hybridized carbons (Fsp3) is 0.562. The van der Waals surface area contributed by atoms with Gasteiger partial charge >= 0.3 is 0 Å². The maximum Gasteiger partial charge on any atom is 0.241 e. The Bertz CT molecular complexity index is 619. The number of sulfonamides is 1. The first-order valence-corrected chi connectivity index (χ1v) is 10.5. The Morgan fingerprint density at radius 2 is 1.61 bits per heavy atom. The van der Waals surface area contributed by atoms with Crippen LogP contribution in [0.2, 0.25) is 0 Å². The second kappa shape index (κ2) is 8.32. The first-order chi connectivity index (χ1) is 10.5. The molecule has 0 saturated carbocycles. The van der Waals surface area contributed by atoms with Gasteiger partial charge < -0.3 is 5.32 Å². The summed E-state index contributed by atoms with van der Waals surface area (Å²) in [5.74, 6) is 0.272. The van der Waals surface area contributed by atoms with E-state index in [0.717, 1.165) is 14.1 Å². The lowest BCUT2D eigenvalue weighted by Crippen LogP contribution is -2.47. The second-order valence-electron chi connectivity index (χ2n) is 6.33. The average Bonchev–Trinajstić information content (AvgIpc) is 2.41. The van der Waals surface area contributed by atoms with Crippen molar-refractivity contribution in [3.8, 4) is 0 Å². The fourth-order valence-electron chi connectivity index (χ4n) is 2.47. The van der Waals surface area contributed by atoms with E-state index in [9.17, 15) is 13.2 Å². The molecule has 0 aliphatic rings. The van der Waals surface area contributed by atoms with E-state index in [1.807, 2.05) is 39.8 Å². The molecule has 0 atom stereocenters. The molecule has 1 rings (SSSR count). The van der Waals surface area contributed by atoms with Crippen LogP contribution < -0.4 is 9.62 Å². The Hall–Kier alpha value is -0.830. The molecule has 0 spiro atoms. The minimum absolute atomic E-state index is 0.0145. The van der Waals surface area contributed by atoms with Gasteiger partial charge in [-0.2, -0.15) is 0 Å². The number of carbonyl (C=O) groups excluding carboxylic acids is 1. The molecule has 0 fully saturated rings. The Morgan fingerprint density at radius 3 is 2.00 bits per heavy atom. The Balaban J connectivity index is 2.95. The van der Waals surface area contributed by atoms with Gasteiger partial charge in [-0.25, -0.2) is 8.42 Å². The van der Waals surface area contributed by atoms with Gasteiger partial charge in [0.05, 0.1) is 11.9 Å². The molecule has 130 valence electrons. The van der Waals surface area contributed by atoms with Crippen molar-refractivity contribution in [2.75, 3.05) is 17.1 Å². The summed E-state index contributed by atoms with van der Waals surface area (Å²) in [6.45, 7) is 7.95. The van der Waals surface area contributed by atoms with Crippen LogP contribution in [0.5, 0.6) is 0 Å². The molecule has 0 heterocycles. The third kappa shape index (κ3) is 6.29. The molecule has 0 aromatic heterocycles. The zero-order valence-electron chi connectivity index (χ0n) is 14.2. The largest absolute Gasteiger partial charge is 0.351 e. The van der Waals surface area contributed by atoms with E-state index in [1.54, 1.807) is 12.1 Å². The van der Waals surface area contributed by atoms with Crippen molar-refractivity contribution >= 4 is 44.2 Å². The molecule has 1 amide bonds. The first-order valence-electron chi connectivity index (χ1n) is 7.55. The van der Waals surface area contributed by atoms with Gasteiger partial charge in [0.1, 0.15) is 6.54 Å². The highest BCUT2D eigenvalue weighted by Gasteiger charge is 2.24. The number of hydrogen-bond acceptors (Lipinski definition) is 3. The predicted molar refractivity (Wildman–Crippen MR) is 103 cm³/mol. The predicted octanol–water partition coefficient (Wildman–Crippen LogP) is 2.85. The lowest BCUT2D eigenvalue weighted by Gasteiger charge is -2.28. The number of nitrogens with one attached hydrogen (secondary N) is 1. The number of halogens is 1. The van der Waals surface area contributed by atoms with E-state index < -0.39 is 10.0 Å². The summed E-state index contributed by atoms with van der Waals surface area (Å²) < 4.78 is 26.2. The van der Waals surface area contributed by atoms with Gasteiger partial charge in [-0.1, -0.05) is 27.7 Å². The number of benzene rings is 1. The van der Waals surface area contributed by atoms with Crippen LogP contribution in [-0.4, -0.2) is 33.2 Å². The highest BCUT2D eigenvalue weighted by atomic mass is 127. The lowest BCUT2D eigenvalue weighted by molar-refractivity contribution is -0.121. The minimum atomic E-state index is -3.53. The number of rotatable bonds is 7. The Morgan fingerprint density at radius 1 is 1.13 bits per heavy atom. The molecular weight excluding hydrogens is 427 g/mol. The maximum atomic E-state index is 12.3. The molecule has 5 nitrogen and oxygen atoms in total. The summed E-state index contributed by atoms with van der Waals surface area (Å²) in [4.78, 5) is 12.3. The van der Waals surface area contributed by atoms with E-state index in [4.69, 9.17) is 0 Å². The SMILES string of the molecule is CC(C)C(NC(=O)CN(c1ccc(I)cc1)S(C)(=O)=O)C(C)C. The van der Waals surface area contributed by atoms with E-state index in [-0.39, 0.29) is 30.3 Å². The number of anilines is 1. The van der Waals surface area contributed by atoms with E-state index in [1.165, 1.54) is 0 Å². The third-order valence-electron chi connectivity index (χ3n) is 3.57. The normalized spacial score (nSPS) is 12.0. The number of amides is 1. The monoisotopic (exact) mass is 452 g/mol. The van der Waals surface area contributed by atoms with Crippen LogP contribution in [0.15, 0.2) is 24.3 Å².